The van der Waals surface area contributed by atoms with Gasteiger partial charge in [0.1, 0.15) is 24.2 Å². The number of hydrogen-bond donors (Lipinski definition) is 0. The molecule has 3 unspecified atom stereocenters. The molecule has 0 radical (unpaired) electrons. The minimum atomic E-state index is -0.713. The first-order chi connectivity index (χ1) is 12.5. The Balaban J connectivity index is 1.52. The minimum Gasteiger partial charge on any atom is -0.491 e. The highest BCUT2D eigenvalue weighted by Crippen LogP contribution is 2.34. The van der Waals surface area contributed by atoms with E-state index in [2.05, 4.69) is 45.0 Å². The lowest BCUT2D eigenvalue weighted by Crippen LogP contribution is -2.26. The van der Waals surface area contributed by atoms with Crippen molar-refractivity contribution in [2.45, 2.75) is 52.1 Å². The van der Waals surface area contributed by atoms with Crippen molar-refractivity contribution < 1.29 is 18.9 Å². The van der Waals surface area contributed by atoms with Gasteiger partial charge in [-0.25, -0.2) is 0 Å². The first-order valence-corrected chi connectivity index (χ1v) is 9.27. The van der Waals surface area contributed by atoms with E-state index in [1.807, 2.05) is 31.2 Å². The van der Waals surface area contributed by atoms with Crippen LogP contribution >= 0.6 is 0 Å². The topological polar surface area (TPSA) is 36.9 Å². The van der Waals surface area contributed by atoms with Crippen molar-refractivity contribution in [3.63, 3.8) is 0 Å². The molecule has 1 aliphatic rings. The first kappa shape index (κ1) is 18.7. The van der Waals surface area contributed by atoms with Crippen LogP contribution in [0.25, 0.3) is 0 Å². The van der Waals surface area contributed by atoms with Crippen LogP contribution in [0.2, 0.25) is 0 Å². The van der Waals surface area contributed by atoms with Crippen LogP contribution in [0.3, 0.4) is 0 Å². The maximum Gasteiger partial charge on any atom is 0.192 e. The molecule has 1 saturated heterocycles. The molecule has 4 heteroatoms. The van der Waals surface area contributed by atoms with Crippen LogP contribution < -0.4 is 9.47 Å². The molecule has 26 heavy (non-hydrogen) atoms. The monoisotopic (exact) mass is 356 g/mol. The summed E-state index contributed by atoms with van der Waals surface area (Å²) in [5.74, 6) is 0.948. The molecule has 0 saturated carbocycles. The van der Waals surface area contributed by atoms with Crippen LogP contribution in [-0.2, 0) is 15.3 Å². The van der Waals surface area contributed by atoms with Gasteiger partial charge in [0.15, 0.2) is 5.79 Å². The number of aryl methyl sites for hydroxylation is 1. The van der Waals surface area contributed by atoms with Crippen LogP contribution in [0.4, 0.5) is 0 Å². The summed E-state index contributed by atoms with van der Waals surface area (Å²) in [6.07, 6.45) is 1.10. The number of rotatable bonds is 7. The molecular weight excluding hydrogens is 328 g/mol. The fourth-order valence-electron chi connectivity index (χ4n) is 2.85. The van der Waals surface area contributed by atoms with Crippen LogP contribution in [0.15, 0.2) is 48.5 Å². The van der Waals surface area contributed by atoms with E-state index in [1.165, 1.54) is 5.56 Å². The Kier molecular flexibility index (Phi) is 5.84. The lowest BCUT2D eigenvalue weighted by Gasteiger charge is -2.24. The quantitative estimate of drug-likeness (QED) is 0.711. The van der Waals surface area contributed by atoms with Crippen molar-refractivity contribution in [2.24, 2.45) is 0 Å². The SMILES string of the molecule is CCC(C)Oc1ccc(OCC2COC(C)(c3ccc(C)cc3)O2)cc1. The highest BCUT2D eigenvalue weighted by Gasteiger charge is 2.39. The molecule has 0 bridgehead atoms. The van der Waals surface area contributed by atoms with Gasteiger partial charge in [0.25, 0.3) is 0 Å². The van der Waals surface area contributed by atoms with Gasteiger partial charge in [0.05, 0.1) is 12.7 Å². The standard InChI is InChI=1S/C22H28O4/c1-5-17(3)25-20-12-10-19(11-13-20)23-14-21-15-24-22(4,26-21)18-8-6-16(2)7-9-18/h6-13,17,21H,5,14-15H2,1-4H3. The lowest BCUT2D eigenvalue weighted by atomic mass is 10.1. The summed E-state index contributed by atoms with van der Waals surface area (Å²) >= 11 is 0. The maximum atomic E-state index is 6.12. The predicted molar refractivity (Wildman–Crippen MR) is 102 cm³/mol. The van der Waals surface area contributed by atoms with E-state index < -0.39 is 5.79 Å². The number of benzene rings is 2. The summed E-state index contributed by atoms with van der Waals surface area (Å²) in [6, 6.07) is 16.0. The summed E-state index contributed by atoms with van der Waals surface area (Å²) in [7, 11) is 0. The average Bonchev–Trinajstić information content (AvgIpc) is 3.04. The second-order valence-corrected chi connectivity index (χ2v) is 6.98. The van der Waals surface area contributed by atoms with Gasteiger partial charge in [-0.2, -0.15) is 0 Å². The molecule has 0 amide bonds. The summed E-state index contributed by atoms with van der Waals surface area (Å²) in [5, 5.41) is 0. The molecule has 0 aliphatic carbocycles. The second-order valence-electron chi connectivity index (χ2n) is 6.98. The maximum absolute atomic E-state index is 6.12. The molecule has 0 N–H and O–H groups in total. The van der Waals surface area contributed by atoms with Crippen LogP contribution in [0.1, 0.15) is 38.3 Å². The third-order valence-corrected chi connectivity index (χ3v) is 4.68. The van der Waals surface area contributed by atoms with Crippen molar-refractivity contribution >= 4 is 0 Å². The highest BCUT2D eigenvalue weighted by molar-refractivity contribution is 5.31. The van der Waals surface area contributed by atoms with Crippen LogP contribution in [0.5, 0.6) is 11.5 Å². The van der Waals surface area contributed by atoms with Gasteiger partial charge in [-0.05, 0) is 51.5 Å². The minimum absolute atomic E-state index is 0.0997. The molecule has 2 aromatic carbocycles. The molecule has 4 nitrogen and oxygen atoms in total. The third kappa shape index (κ3) is 4.57. The van der Waals surface area contributed by atoms with Crippen molar-refractivity contribution in [3.8, 4) is 11.5 Å². The molecule has 3 atom stereocenters. The van der Waals surface area contributed by atoms with Crippen molar-refractivity contribution in [1.82, 2.24) is 0 Å². The number of ether oxygens (including phenoxy) is 4. The van der Waals surface area contributed by atoms with Crippen molar-refractivity contribution in [1.29, 1.82) is 0 Å². The molecule has 0 aromatic heterocycles. The molecule has 1 aliphatic heterocycles. The molecule has 2 aromatic rings. The van der Waals surface area contributed by atoms with Crippen molar-refractivity contribution in [2.75, 3.05) is 13.2 Å². The van der Waals surface area contributed by atoms with Crippen molar-refractivity contribution in [3.05, 3.63) is 59.7 Å². The highest BCUT2D eigenvalue weighted by atomic mass is 16.7. The zero-order valence-corrected chi connectivity index (χ0v) is 16.0. The Labute approximate surface area is 156 Å². The van der Waals surface area contributed by atoms with Gasteiger partial charge < -0.3 is 18.9 Å². The van der Waals surface area contributed by atoms with Gasteiger partial charge >= 0.3 is 0 Å². The van der Waals surface area contributed by atoms with Crippen LogP contribution in [-0.4, -0.2) is 25.4 Å². The fourth-order valence-corrected chi connectivity index (χ4v) is 2.85. The van der Waals surface area contributed by atoms with Gasteiger partial charge in [-0.3, -0.25) is 0 Å². The largest absolute Gasteiger partial charge is 0.491 e. The first-order valence-electron chi connectivity index (χ1n) is 9.27. The van der Waals surface area contributed by atoms with E-state index in [0.717, 1.165) is 23.5 Å². The van der Waals surface area contributed by atoms with Gasteiger partial charge in [0.2, 0.25) is 0 Å². The zero-order chi connectivity index (χ0) is 18.6. The summed E-state index contributed by atoms with van der Waals surface area (Å²) in [6.45, 7) is 9.16. The Morgan fingerprint density at radius 2 is 1.73 bits per heavy atom. The van der Waals surface area contributed by atoms with E-state index in [-0.39, 0.29) is 12.2 Å². The molecule has 1 heterocycles. The zero-order valence-electron chi connectivity index (χ0n) is 16.0. The Morgan fingerprint density at radius 1 is 1.08 bits per heavy atom. The second kappa shape index (κ2) is 8.11. The summed E-state index contributed by atoms with van der Waals surface area (Å²) in [4.78, 5) is 0. The van der Waals surface area contributed by atoms with Crippen LogP contribution in [0, 0.1) is 6.92 Å². The lowest BCUT2D eigenvalue weighted by molar-refractivity contribution is -0.164. The van der Waals surface area contributed by atoms with Gasteiger partial charge in [-0.15, -0.1) is 0 Å². The Morgan fingerprint density at radius 3 is 2.38 bits per heavy atom. The summed E-state index contributed by atoms with van der Waals surface area (Å²) in [5.41, 5.74) is 2.24. The normalized spacial score (nSPS) is 23.6. The van der Waals surface area contributed by atoms with E-state index in [4.69, 9.17) is 18.9 Å². The smallest absolute Gasteiger partial charge is 0.192 e. The molecule has 3 rings (SSSR count). The molecular formula is C22H28O4. The third-order valence-electron chi connectivity index (χ3n) is 4.68. The molecule has 140 valence electrons. The Bertz CT molecular complexity index is 695. The fraction of sp³-hybridized carbons (Fsp3) is 0.455. The molecule has 0 spiro atoms. The average molecular weight is 356 g/mol. The predicted octanol–water partition coefficient (Wildman–Crippen LogP) is 4.84. The van der Waals surface area contributed by atoms with E-state index in [1.54, 1.807) is 0 Å². The van der Waals surface area contributed by atoms with Gasteiger partial charge in [-0.1, -0.05) is 36.8 Å². The van der Waals surface area contributed by atoms with E-state index in [9.17, 15) is 0 Å². The Hall–Kier alpha value is -2.04. The summed E-state index contributed by atoms with van der Waals surface area (Å²) < 4.78 is 23.7. The molecule has 1 fully saturated rings. The number of hydrogen-bond acceptors (Lipinski definition) is 4. The van der Waals surface area contributed by atoms with E-state index in [0.29, 0.717) is 13.2 Å². The van der Waals surface area contributed by atoms with Gasteiger partial charge in [0, 0.05) is 5.56 Å². The van der Waals surface area contributed by atoms with E-state index >= 15 is 0 Å².